The van der Waals surface area contributed by atoms with Crippen LogP contribution in [0.3, 0.4) is 0 Å². The molecule has 0 aromatic heterocycles. The van der Waals surface area contributed by atoms with Gasteiger partial charge in [-0.25, -0.2) is 0 Å². The van der Waals surface area contributed by atoms with Gasteiger partial charge in [0.2, 0.25) is 5.91 Å². The lowest BCUT2D eigenvalue weighted by molar-refractivity contribution is -0.115. The predicted octanol–water partition coefficient (Wildman–Crippen LogP) is 5.17. The first-order chi connectivity index (χ1) is 11.1. The minimum absolute atomic E-state index is 0.0400. The average Bonchev–Trinajstić information content (AvgIpc) is 2.90. The number of carbonyl (C=O) groups excluding carboxylic acids is 1. The lowest BCUT2D eigenvalue weighted by Crippen LogP contribution is -2.28. The first kappa shape index (κ1) is 16.5. The highest BCUT2D eigenvalue weighted by atomic mass is 35.5. The molecule has 1 fully saturated rings. The van der Waals surface area contributed by atoms with Crippen LogP contribution in [0.1, 0.15) is 17.9 Å². The molecule has 0 radical (unpaired) electrons. The van der Waals surface area contributed by atoms with Crippen LogP contribution in [0.25, 0.3) is 0 Å². The minimum atomic E-state index is -0.186. The topological polar surface area (TPSA) is 29.5 Å². The van der Waals surface area contributed by atoms with Crippen LogP contribution in [-0.2, 0) is 4.79 Å². The summed E-state index contributed by atoms with van der Waals surface area (Å²) in [6, 6.07) is 12.9. The van der Waals surface area contributed by atoms with Crippen LogP contribution in [-0.4, -0.2) is 18.3 Å². The molecule has 1 aliphatic rings. The predicted molar refractivity (Wildman–Crippen MR) is 96.8 cm³/mol. The van der Waals surface area contributed by atoms with Gasteiger partial charge in [-0.2, -0.15) is 0 Å². The molecule has 1 atom stereocenters. The van der Waals surface area contributed by atoms with Crippen molar-refractivity contribution >= 4 is 46.6 Å². The maximum absolute atomic E-state index is 12.5. The van der Waals surface area contributed by atoms with E-state index in [9.17, 15) is 4.79 Å². The SMILES string of the molecule is CCOc1ccccc1N1C(=O)CSC1c1ccc(Cl)cc1Cl. The van der Waals surface area contributed by atoms with Gasteiger partial charge < -0.3 is 4.74 Å². The van der Waals surface area contributed by atoms with Crippen LogP contribution in [0, 0.1) is 0 Å². The summed E-state index contributed by atoms with van der Waals surface area (Å²) in [5.74, 6) is 1.14. The summed E-state index contributed by atoms with van der Waals surface area (Å²) in [6.45, 7) is 2.46. The van der Waals surface area contributed by atoms with Crippen LogP contribution in [0.2, 0.25) is 10.0 Å². The zero-order chi connectivity index (χ0) is 16.4. The number of ether oxygens (including phenoxy) is 1. The molecule has 6 heteroatoms. The van der Waals surface area contributed by atoms with Gasteiger partial charge in [0, 0.05) is 15.6 Å². The second-order valence-electron chi connectivity index (χ2n) is 4.99. The van der Waals surface area contributed by atoms with Crippen molar-refractivity contribution in [2.24, 2.45) is 0 Å². The van der Waals surface area contributed by atoms with E-state index in [4.69, 9.17) is 27.9 Å². The number of rotatable bonds is 4. The van der Waals surface area contributed by atoms with E-state index in [-0.39, 0.29) is 11.3 Å². The van der Waals surface area contributed by atoms with E-state index in [0.29, 0.717) is 28.2 Å². The Morgan fingerprint density at radius 2 is 2.04 bits per heavy atom. The second-order valence-corrected chi connectivity index (χ2v) is 6.91. The number of thioether (sulfide) groups is 1. The third kappa shape index (κ3) is 3.30. The van der Waals surface area contributed by atoms with Gasteiger partial charge >= 0.3 is 0 Å². The van der Waals surface area contributed by atoms with E-state index in [1.807, 2.05) is 37.3 Å². The third-order valence-corrected chi connectivity index (χ3v) is 5.28. The van der Waals surface area contributed by atoms with E-state index < -0.39 is 0 Å². The molecule has 3 nitrogen and oxygen atoms in total. The molecule has 1 amide bonds. The standard InChI is InChI=1S/C17H15Cl2NO2S/c1-2-22-15-6-4-3-5-14(15)20-16(21)10-23-17(20)12-8-7-11(18)9-13(12)19/h3-9,17H,2,10H2,1H3. The number of benzene rings is 2. The summed E-state index contributed by atoms with van der Waals surface area (Å²) in [5, 5.41) is 0.951. The van der Waals surface area contributed by atoms with Crippen molar-refractivity contribution in [3.63, 3.8) is 0 Å². The molecule has 0 N–H and O–H groups in total. The Morgan fingerprint density at radius 3 is 2.78 bits per heavy atom. The second kappa shape index (κ2) is 7.04. The molecule has 1 aliphatic heterocycles. The Hall–Kier alpha value is -1.36. The Labute approximate surface area is 149 Å². The average molecular weight is 368 g/mol. The third-order valence-electron chi connectivity index (χ3n) is 3.52. The summed E-state index contributed by atoms with van der Waals surface area (Å²) < 4.78 is 5.67. The fourth-order valence-electron chi connectivity index (χ4n) is 2.55. The summed E-state index contributed by atoms with van der Waals surface area (Å²) in [6.07, 6.45) is 0. The van der Waals surface area contributed by atoms with Gasteiger partial charge in [-0.05, 0) is 31.2 Å². The molecular weight excluding hydrogens is 353 g/mol. The number of para-hydroxylation sites is 2. The highest BCUT2D eigenvalue weighted by molar-refractivity contribution is 8.00. The van der Waals surface area contributed by atoms with Crippen molar-refractivity contribution in [3.8, 4) is 5.75 Å². The molecule has 0 saturated carbocycles. The summed E-state index contributed by atoms with van der Waals surface area (Å²) in [4.78, 5) is 14.2. The van der Waals surface area contributed by atoms with E-state index in [1.165, 1.54) is 0 Å². The monoisotopic (exact) mass is 367 g/mol. The van der Waals surface area contributed by atoms with E-state index >= 15 is 0 Å². The molecule has 2 aromatic rings. The number of nitrogens with zero attached hydrogens (tertiary/aromatic N) is 1. The van der Waals surface area contributed by atoms with Crippen molar-refractivity contribution in [2.75, 3.05) is 17.3 Å². The summed E-state index contributed by atoms with van der Waals surface area (Å²) in [5.41, 5.74) is 1.64. The van der Waals surface area contributed by atoms with Crippen molar-refractivity contribution in [2.45, 2.75) is 12.3 Å². The van der Waals surface area contributed by atoms with Crippen LogP contribution in [0.4, 0.5) is 5.69 Å². The summed E-state index contributed by atoms with van der Waals surface area (Å²) in [7, 11) is 0. The van der Waals surface area contributed by atoms with Gasteiger partial charge in [-0.15, -0.1) is 11.8 Å². The van der Waals surface area contributed by atoms with E-state index in [2.05, 4.69) is 0 Å². The first-order valence-electron chi connectivity index (χ1n) is 7.22. The minimum Gasteiger partial charge on any atom is -0.492 e. The van der Waals surface area contributed by atoms with Crippen molar-refractivity contribution in [1.82, 2.24) is 0 Å². The van der Waals surface area contributed by atoms with Gasteiger partial charge in [-0.1, -0.05) is 41.4 Å². The van der Waals surface area contributed by atoms with Crippen molar-refractivity contribution in [1.29, 1.82) is 0 Å². The Balaban J connectivity index is 2.04. The van der Waals surface area contributed by atoms with Crippen LogP contribution in [0.15, 0.2) is 42.5 Å². The van der Waals surface area contributed by atoms with Gasteiger partial charge in [0.15, 0.2) is 0 Å². The molecule has 1 heterocycles. The highest BCUT2D eigenvalue weighted by Crippen LogP contribution is 2.46. The number of hydrogen-bond donors (Lipinski definition) is 0. The number of carbonyl (C=O) groups is 1. The van der Waals surface area contributed by atoms with Crippen molar-refractivity contribution < 1.29 is 9.53 Å². The summed E-state index contributed by atoms with van der Waals surface area (Å²) >= 11 is 13.9. The largest absolute Gasteiger partial charge is 0.492 e. The van der Waals surface area contributed by atoms with Gasteiger partial charge in [0.25, 0.3) is 0 Å². The number of hydrogen-bond acceptors (Lipinski definition) is 3. The molecule has 23 heavy (non-hydrogen) atoms. The van der Waals surface area contributed by atoms with Gasteiger partial charge in [-0.3, -0.25) is 9.69 Å². The number of amides is 1. The normalized spacial score (nSPS) is 17.6. The lowest BCUT2D eigenvalue weighted by Gasteiger charge is -2.26. The molecule has 0 aliphatic carbocycles. The van der Waals surface area contributed by atoms with Crippen molar-refractivity contribution in [3.05, 3.63) is 58.1 Å². The maximum Gasteiger partial charge on any atom is 0.238 e. The molecular formula is C17H15Cl2NO2S. The highest BCUT2D eigenvalue weighted by Gasteiger charge is 2.36. The lowest BCUT2D eigenvalue weighted by atomic mass is 10.1. The Bertz CT molecular complexity index is 738. The fourth-order valence-corrected chi connectivity index (χ4v) is 4.33. The van der Waals surface area contributed by atoms with E-state index in [1.54, 1.807) is 28.8 Å². The van der Waals surface area contributed by atoms with Crippen LogP contribution < -0.4 is 9.64 Å². The molecule has 0 spiro atoms. The molecule has 2 aromatic carbocycles. The molecule has 1 unspecified atom stereocenters. The van der Waals surface area contributed by atoms with E-state index in [0.717, 1.165) is 11.3 Å². The molecule has 3 rings (SSSR count). The smallest absolute Gasteiger partial charge is 0.238 e. The fraction of sp³-hybridized carbons (Fsp3) is 0.235. The maximum atomic E-state index is 12.5. The zero-order valence-electron chi connectivity index (χ0n) is 12.5. The molecule has 120 valence electrons. The number of anilines is 1. The first-order valence-corrected chi connectivity index (χ1v) is 9.02. The van der Waals surface area contributed by atoms with Crippen LogP contribution >= 0.6 is 35.0 Å². The zero-order valence-corrected chi connectivity index (χ0v) is 14.8. The quantitative estimate of drug-likeness (QED) is 0.746. The molecule has 0 bridgehead atoms. The Kier molecular flexibility index (Phi) is 5.05. The Morgan fingerprint density at radius 1 is 1.26 bits per heavy atom. The number of halogens is 2. The van der Waals surface area contributed by atoms with Gasteiger partial charge in [0.05, 0.1) is 18.0 Å². The van der Waals surface area contributed by atoms with Crippen LogP contribution in [0.5, 0.6) is 5.75 Å². The molecule has 1 saturated heterocycles. The van der Waals surface area contributed by atoms with Gasteiger partial charge in [0.1, 0.15) is 11.1 Å².